The van der Waals surface area contributed by atoms with Gasteiger partial charge >= 0.3 is 0 Å². The van der Waals surface area contributed by atoms with Gasteiger partial charge in [-0.25, -0.2) is 4.57 Å². The van der Waals surface area contributed by atoms with Crippen LogP contribution in [0.3, 0.4) is 0 Å². The van der Waals surface area contributed by atoms with Gasteiger partial charge in [0.25, 0.3) is 12.0 Å². The topological polar surface area (TPSA) is 26.1 Å². The van der Waals surface area contributed by atoms with E-state index in [1.54, 1.807) is 0 Å². The average molecular weight is 261 g/mol. The molecule has 4 aromatic rings. The number of imidazole rings is 2. The Bertz CT molecular complexity index is 990. The van der Waals surface area contributed by atoms with E-state index in [1.807, 2.05) is 12.4 Å². The van der Waals surface area contributed by atoms with Crippen molar-refractivity contribution in [1.29, 1.82) is 0 Å². The Kier molecular flexibility index (Phi) is 1.67. The van der Waals surface area contributed by atoms with Gasteiger partial charge in [0, 0.05) is 30.6 Å². The van der Waals surface area contributed by atoms with Gasteiger partial charge in [0.15, 0.2) is 5.52 Å². The Hall–Kier alpha value is -2.62. The summed E-state index contributed by atoms with van der Waals surface area (Å²) >= 11 is 0. The van der Waals surface area contributed by atoms with E-state index in [4.69, 9.17) is 0 Å². The van der Waals surface area contributed by atoms with Crippen molar-refractivity contribution in [3.63, 3.8) is 0 Å². The highest BCUT2D eigenvalue weighted by molar-refractivity contribution is 5.87. The number of nitrogens with zero attached hydrogens (tertiary/aromatic N) is 4. The first-order chi connectivity index (χ1) is 9.84. The van der Waals surface area contributed by atoms with E-state index < -0.39 is 0 Å². The van der Waals surface area contributed by atoms with Crippen LogP contribution in [0.1, 0.15) is 5.56 Å². The first kappa shape index (κ1) is 10.2. The van der Waals surface area contributed by atoms with Crippen molar-refractivity contribution in [2.45, 2.75) is 6.54 Å². The summed E-state index contributed by atoms with van der Waals surface area (Å²) in [5.74, 6) is 0. The lowest BCUT2D eigenvalue weighted by molar-refractivity contribution is -0.671. The van der Waals surface area contributed by atoms with Crippen LogP contribution in [0.25, 0.3) is 27.9 Å². The number of para-hydroxylation sites is 2. The molecule has 0 aliphatic carbocycles. The molecular formula is C16H13N4+. The third-order valence-electron chi connectivity index (χ3n) is 4.30. The Balaban J connectivity index is 2.01. The summed E-state index contributed by atoms with van der Waals surface area (Å²) in [5.41, 5.74) is 7.65. The highest BCUT2D eigenvalue weighted by Crippen LogP contribution is 2.32. The number of fused-ring (bicyclic) bond motifs is 7. The first-order valence-electron chi connectivity index (χ1n) is 6.76. The van der Waals surface area contributed by atoms with Crippen LogP contribution in [-0.2, 0) is 13.6 Å². The average Bonchev–Trinajstić information content (AvgIpc) is 3.08. The minimum absolute atomic E-state index is 0.911. The van der Waals surface area contributed by atoms with E-state index in [0.29, 0.717) is 0 Å². The van der Waals surface area contributed by atoms with Crippen LogP contribution in [0, 0.1) is 0 Å². The van der Waals surface area contributed by atoms with E-state index in [-0.39, 0.29) is 0 Å². The van der Waals surface area contributed by atoms with Crippen molar-refractivity contribution in [3.05, 3.63) is 54.6 Å². The minimum atomic E-state index is 0.911. The zero-order valence-corrected chi connectivity index (χ0v) is 11.1. The van der Waals surface area contributed by atoms with E-state index in [9.17, 15) is 0 Å². The SMILES string of the molecule is Cn1c2ccccc2n2c[n+]3c(c12)-c1ccncc1C3. The Labute approximate surface area is 115 Å². The summed E-state index contributed by atoms with van der Waals surface area (Å²) in [6.07, 6.45) is 6.05. The lowest BCUT2D eigenvalue weighted by atomic mass is 10.1. The number of rotatable bonds is 0. The van der Waals surface area contributed by atoms with Crippen LogP contribution in [0.2, 0.25) is 0 Å². The third kappa shape index (κ3) is 1.04. The molecule has 4 heterocycles. The van der Waals surface area contributed by atoms with Crippen LogP contribution in [0.15, 0.2) is 49.1 Å². The lowest BCUT2D eigenvalue weighted by Crippen LogP contribution is -2.29. The monoisotopic (exact) mass is 261 g/mol. The summed E-state index contributed by atoms with van der Waals surface area (Å²) in [7, 11) is 2.14. The molecule has 0 fully saturated rings. The fraction of sp³-hybridized carbons (Fsp3) is 0.125. The summed E-state index contributed by atoms with van der Waals surface area (Å²) in [5, 5.41) is 0. The highest BCUT2D eigenvalue weighted by Gasteiger charge is 2.32. The summed E-state index contributed by atoms with van der Waals surface area (Å²) in [4.78, 5) is 4.24. The molecular weight excluding hydrogens is 248 g/mol. The molecule has 1 aliphatic heterocycles. The molecule has 1 aromatic carbocycles. The molecule has 0 saturated carbocycles. The molecule has 0 bridgehead atoms. The molecule has 0 radical (unpaired) electrons. The number of hydrogen-bond acceptors (Lipinski definition) is 1. The predicted octanol–water partition coefficient (Wildman–Crippen LogP) is 2.14. The zero-order chi connectivity index (χ0) is 13.3. The van der Waals surface area contributed by atoms with Crippen molar-refractivity contribution in [1.82, 2.24) is 14.0 Å². The van der Waals surface area contributed by atoms with Gasteiger partial charge < -0.3 is 4.57 Å². The highest BCUT2D eigenvalue weighted by atomic mass is 15.2. The van der Waals surface area contributed by atoms with Crippen LogP contribution in [0.4, 0.5) is 0 Å². The number of benzene rings is 1. The number of hydrogen-bond donors (Lipinski definition) is 0. The standard InChI is InChI=1S/C16H13N4/c1-18-13-4-2-3-5-14(13)20-10-19-9-11-8-17-7-6-12(11)15(19)16(18)20/h2-8,10H,9H2,1H3/q+1. The first-order valence-corrected chi connectivity index (χ1v) is 6.76. The molecule has 0 atom stereocenters. The fourth-order valence-electron chi connectivity index (χ4n) is 3.42. The van der Waals surface area contributed by atoms with E-state index in [2.05, 4.69) is 62.2 Å². The minimum Gasteiger partial charge on any atom is -0.304 e. The molecule has 4 nitrogen and oxygen atoms in total. The van der Waals surface area contributed by atoms with Gasteiger partial charge in [-0.3, -0.25) is 4.98 Å². The lowest BCUT2D eigenvalue weighted by Gasteiger charge is -1.95. The summed E-state index contributed by atoms with van der Waals surface area (Å²) in [6, 6.07) is 10.6. The smallest absolute Gasteiger partial charge is 0.255 e. The number of aryl methyl sites for hydroxylation is 1. The maximum absolute atomic E-state index is 4.24. The second kappa shape index (κ2) is 3.28. The van der Waals surface area contributed by atoms with Crippen molar-refractivity contribution in [3.8, 4) is 11.3 Å². The van der Waals surface area contributed by atoms with Crippen molar-refractivity contribution in [2.24, 2.45) is 7.05 Å². The van der Waals surface area contributed by atoms with Crippen LogP contribution in [0.5, 0.6) is 0 Å². The Morgan fingerprint density at radius 3 is 2.90 bits per heavy atom. The van der Waals surface area contributed by atoms with E-state index in [0.717, 1.165) is 6.54 Å². The van der Waals surface area contributed by atoms with Gasteiger partial charge in [-0.1, -0.05) is 12.1 Å². The Morgan fingerprint density at radius 2 is 2.00 bits per heavy atom. The Morgan fingerprint density at radius 1 is 1.15 bits per heavy atom. The van der Waals surface area contributed by atoms with Gasteiger partial charge in [-0.05, 0) is 18.2 Å². The maximum Gasteiger partial charge on any atom is 0.255 e. The predicted molar refractivity (Wildman–Crippen MR) is 76.4 cm³/mol. The molecule has 1 aliphatic rings. The summed E-state index contributed by atoms with van der Waals surface area (Å²) in [6.45, 7) is 0.911. The van der Waals surface area contributed by atoms with Gasteiger partial charge in [-0.2, -0.15) is 4.40 Å². The van der Waals surface area contributed by atoms with Gasteiger partial charge in [0.1, 0.15) is 6.54 Å². The molecule has 0 spiro atoms. The maximum atomic E-state index is 4.24. The van der Waals surface area contributed by atoms with Crippen molar-refractivity contribution < 1.29 is 4.57 Å². The van der Waals surface area contributed by atoms with Crippen molar-refractivity contribution >= 4 is 16.7 Å². The molecule has 5 rings (SSSR count). The third-order valence-corrected chi connectivity index (χ3v) is 4.30. The molecule has 20 heavy (non-hydrogen) atoms. The molecule has 4 heteroatoms. The molecule has 0 amide bonds. The van der Waals surface area contributed by atoms with Crippen LogP contribution >= 0.6 is 0 Å². The fourth-order valence-corrected chi connectivity index (χ4v) is 3.42. The van der Waals surface area contributed by atoms with Crippen molar-refractivity contribution in [2.75, 3.05) is 0 Å². The molecule has 0 unspecified atom stereocenters. The van der Waals surface area contributed by atoms with Crippen LogP contribution < -0.4 is 4.57 Å². The number of pyridine rings is 1. The molecule has 96 valence electrons. The second-order valence-corrected chi connectivity index (χ2v) is 5.37. The second-order valence-electron chi connectivity index (χ2n) is 5.37. The van der Waals surface area contributed by atoms with Gasteiger partial charge in [0.2, 0.25) is 5.69 Å². The molecule has 0 N–H and O–H groups in total. The quantitative estimate of drug-likeness (QED) is 0.392. The van der Waals surface area contributed by atoms with E-state index >= 15 is 0 Å². The van der Waals surface area contributed by atoms with Gasteiger partial charge in [-0.15, -0.1) is 0 Å². The van der Waals surface area contributed by atoms with E-state index in [1.165, 1.54) is 33.5 Å². The number of aromatic nitrogens is 4. The van der Waals surface area contributed by atoms with Gasteiger partial charge in [0.05, 0.1) is 5.52 Å². The molecule has 0 saturated heterocycles. The normalized spacial score (nSPS) is 13.1. The summed E-state index contributed by atoms with van der Waals surface area (Å²) < 4.78 is 6.87. The largest absolute Gasteiger partial charge is 0.304 e. The zero-order valence-electron chi connectivity index (χ0n) is 11.1. The van der Waals surface area contributed by atoms with Crippen LogP contribution in [-0.4, -0.2) is 14.0 Å². The molecule has 3 aromatic heterocycles.